The second kappa shape index (κ2) is 4.65. The monoisotopic (exact) mass is 193 g/mol. The molecule has 1 aliphatic rings. The quantitative estimate of drug-likeness (QED) is 0.797. The van der Waals surface area contributed by atoms with E-state index >= 15 is 0 Å². The van der Waals surface area contributed by atoms with E-state index in [9.17, 15) is 0 Å². The summed E-state index contributed by atoms with van der Waals surface area (Å²) in [5, 5.41) is 0. The standard InChI is InChI=1S/C12H19NO/c13-12(11-7-8-14-9-11)6-5-10-3-1-2-4-10/h7-10,12H,1-6,13H2. The molecule has 0 spiro atoms. The van der Waals surface area contributed by atoms with Gasteiger partial charge in [0.25, 0.3) is 0 Å². The molecule has 14 heavy (non-hydrogen) atoms. The van der Waals surface area contributed by atoms with Gasteiger partial charge in [0.05, 0.1) is 12.5 Å². The van der Waals surface area contributed by atoms with Gasteiger partial charge in [-0.1, -0.05) is 25.7 Å². The summed E-state index contributed by atoms with van der Waals surface area (Å²) < 4.78 is 5.03. The van der Waals surface area contributed by atoms with Crippen LogP contribution in [0.15, 0.2) is 23.0 Å². The maximum atomic E-state index is 6.06. The lowest BCUT2D eigenvalue weighted by molar-refractivity contribution is 0.451. The van der Waals surface area contributed by atoms with Crippen LogP contribution in [0.5, 0.6) is 0 Å². The molecule has 1 unspecified atom stereocenters. The SMILES string of the molecule is NC(CCC1CCCC1)c1ccoc1. The van der Waals surface area contributed by atoms with Gasteiger partial charge in [-0.2, -0.15) is 0 Å². The largest absolute Gasteiger partial charge is 0.472 e. The lowest BCUT2D eigenvalue weighted by Crippen LogP contribution is -2.10. The first kappa shape index (κ1) is 9.78. The molecule has 0 amide bonds. The predicted molar refractivity (Wildman–Crippen MR) is 56.8 cm³/mol. The van der Waals surface area contributed by atoms with Gasteiger partial charge >= 0.3 is 0 Å². The molecule has 78 valence electrons. The van der Waals surface area contributed by atoms with Crippen LogP contribution in [0.1, 0.15) is 50.1 Å². The highest BCUT2D eigenvalue weighted by Crippen LogP contribution is 2.30. The van der Waals surface area contributed by atoms with E-state index in [1.165, 1.54) is 32.1 Å². The molecular weight excluding hydrogens is 174 g/mol. The summed E-state index contributed by atoms with van der Waals surface area (Å²) in [6.07, 6.45) is 11.5. The maximum absolute atomic E-state index is 6.06. The van der Waals surface area contributed by atoms with Crippen molar-refractivity contribution in [2.45, 2.75) is 44.6 Å². The van der Waals surface area contributed by atoms with Gasteiger partial charge in [0, 0.05) is 11.6 Å². The molecule has 1 fully saturated rings. The van der Waals surface area contributed by atoms with Crippen molar-refractivity contribution in [3.8, 4) is 0 Å². The third-order valence-corrected chi connectivity index (χ3v) is 3.33. The summed E-state index contributed by atoms with van der Waals surface area (Å²) in [4.78, 5) is 0. The second-order valence-electron chi connectivity index (χ2n) is 4.39. The molecular formula is C12H19NO. The molecule has 2 heteroatoms. The molecule has 1 atom stereocenters. The first-order valence-electron chi connectivity index (χ1n) is 5.64. The fourth-order valence-electron chi connectivity index (χ4n) is 2.37. The first-order chi connectivity index (χ1) is 6.86. The second-order valence-corrected chi connectivity index (χ2v) is 4.39. The average molecular weight is 193 g/mol. The van der Waals surface area contributed by atoms with Gasteiger partial charge in [-0.05, 0) is 24.8 Å². The normalized spacial score (nSPS) is 20.1. The van der Waals surface area contributed by atoms with Crippen LogP contribution in [0.3, 0.4) is 0 Å². The zero-order chi connectivity index (χ0) is 9.80. The Morgan fingerprint density at radius 1 is 1.43 bits per heavy atom. The molecule has 0 radical (unpaired) electrons. The van der Waals surface area contributed by atoms with E-state index in [1.54, 1.807) is 12.5 Å². The van der Waals surface area contributed by atoms with E-state index in [0.717, 1.165) is 17.9 Å². The van der Waals surface area contributed by atoms with Gasteiger partial charge in [-0.25, -0.2) is 0 Å². The number of rotatable bonds is 4. The molecule has 0 saturated heterocycles. The van der Waals surface area contributed by atoms with Crippen molar-refractivity contribution in [2.24, 2.45) is 11.7 Å². The molecule has 2 N–H and O–H groups in total. The molecule has 2 nitrogen and oxygen atoms in total. The Labute approximate surface area is 85.5 Å². The topological polar surface area (TPSA) is 39.2 Å². The highest BCUT2D eigenvalue weighted by atomic mass is 16.3. The maximum Gasteiger partial charge on any atom is 0.0950 e. The van der Waals surface area contributed by atoms with Crippen molar-refractivity contribution in [1.29, 1.82) is 0 Å². The molecule has 1 saturated carbocycles. The van der Waals surface area contributed by atoms with Gasteiger partial charge < -0.3 is 10.2 Å². The Morgan fingerprint density at radius 3 is 2.86 bits per heavy atom. The van der Waals surface area contributed by atoms with Gasteiger partial charge in [-0.3, -0.25) is 0 Å². The van der Waals surface area contributed by atoms with E-state index in [1.807, 2.05) is 6.07 Å². The smallest absolute Gasteiger partial charge is 0.0950 e. The van der Waals surface area contributed by atoms with Crippen LogP contribution in [0.4, 0.5) is 0 Å². The highest BCUT2D eigenvalue weighted by Gasteiger charge is 2.16. The fourth-order valence-corrected chi connectivity index (χ4v) is 2.37. The van der Waals surface area contributed by atoms with Crippen molar-refractivity contribution in [2.75, 3.05) is 0 Å². The fraction of sp³-hybridized carbons (Fsp3) is 0.667. The number of hydrogen-bond donors (Lipinski definition) is 1. The summed E-state index contributed by atoms with van der Waals surface area (Å²) in [7, 11) is 0. The zero-order valence-electron chi connectivity index (χ0n) is 8.61. The van der Waals surface area contributed by atoms with E-state index in [0.29, 0.717) is 0 Å². The van der Waals surface area contributed by atoms with Crippen molar-refractivity contribution in [1.82, 2.24) is 0 Å². The average Bonchev–Trinajstić information content (AvgIpc) is 2.87. The molecule has 2 rings (SSSR count). The first-order valence-corrected chi connectivity index (χ1v) is 5.64. The van der Waals surface area contributed by atoms with Gasteiger partial charge in [0.2, 0.25) is 0 Å². The zero-order valence-corrected chi connectivity index (χ0v) is 8.61. The lowest BCUT2D eigenvalue weighted by atomic mass is 9.96. The minimum Gasteiger partial charge on any atom is -0.472 e. The minimum atomic E-state index is 0.175. The Balaban J connectivity index is 1.74. The summed E-state index contributed by atoms with van der Waals surface area (Å²) in [5.41, 5.74) is 7.20. The van der Waals surface area contributed by atoms with Crippen molar-refractivity contribution >= 4 is 0 Å². The van der Waals surface area contributed by atoms with Crippen molar-refractivity contribution in [3.05, 3.63) is 24.2 Å². The Kier molecular flexibility index (Phi) is 3.25. The molecule has 0 aliphatic heterocycles. The summed E-state index contributed by atoms with van der Waals surface area (Å²) in [6, 6.07) is 2.15. The minimum absolute atomic E-state index is 0.175. The highest BCUT2D eigenvalue weighted by molar-refractivity contribution is 5.10. The van der Waals surface area contributed by atoms with Crippen LogP contribution in [0, 0.1) is 5.92 Å². The molecule has 0 aromatic carbocycles. The molecule has 1 heterocycles. The number of nitrogens with two attached hydrogens (primary N) is 1. The summed E-state index contributed by atoms with van der Waals surface area (Å²) in [5.74, 6) is 0.938. The van der Waals surface area contributed by atoms with E-state index in [-0.39, 0.29) is 6.04 Å². The van der Waals surface area contributed by atoms with Crippen LogP contribution in [0.25, 0.3) is 0 Å². The van der Waals surface area contributed by atoms with Crippen LogP contribution < -0.4 is 5.73 Å². The Morgan fingerprint density at radius 2 is 2.21 bits per heavy atom. The van der Waals surface area contributed by atoms with Crippen LogP contribution >= 0.6 is 0 Å². The molecule has 1 aliphatic carbocycles. The van der Waals surface area contributed by atoms with Crippen LogP contribution in [0.2, 0.25) is 0 Å². The van der Waals surface area contributed by atoms with Crippen LogP contribution in [-0.2, 0) is 0 Å². The van der Waals surface area contributed by atoms with E-state index in [2.05, 4.69) is 0 Å². The Hall–Kier alpha value is -0.760. The number of hydrogen-bond acceptors (Lipinski definition) is 2. The van der Waals surface area contributed by atoms with Gasteiger partial charge in [0.1, 0.15) is 0 Å². The van der Waals surface area contributed by atoms with Gasteiger partial charge in [-0.15, -0.1) is 0 Å². The lowest BCUT2D eigenvalue weighted by Gasteiger charge is -2.12. The summed E-state index contributed by atoms with van der Waals surface area (Å²) >= 11 is 0. The van der Waals surface area contributed by atoms with Crippen molar-refractivity contribution in [3.63, 3.8) is 0 Å². The molecule has 0 bridgehead atoms. The molecule has 1 aromatic heterocycles. The third-order valence-electron chi connectivity index (χ3n) is 3.33. The summed E-state index contributed by atoms with van der Waals surface area (Å²) in [6.45, 7) is 0. The van der Waals surface area contributed by atoms with E-state index < -0.39 is 0 Å². The van der Waals surface area contributed by atoms with Gasteiger partial charge in [0.15, 0.2) is 0 Å². The predicted octanol–water partition coefficient (Wildman–Crippen LogP) is 3.25. The third kappa shape index (κ3) is 2.38. The van der Waals surface area contributed by atoms with Crippen molar-refractivity contribution < 1.29 is 4.42 Å². The van der Waals surface area contributed by atoms with Crippen LogP contribution in [-0.4, -0.2) is 0 Å². The van der Waals surface area contributed by atoms with E-state index in [4.69, 9.17) is 10.2 Å². The number of furan rings is 1. The Bertz CT molecular complexity index is 249. The molecule has 1 aromatic rings.